The Hall–Kier alpha value is -0.960. The number of hydrogen-bond donors (Lipinski definition) is 2. The predicted molar refractivity (Wildman–Crippen MR) is 30.8 cm³/mol. The van der Waals surface area contributed by atoms with Gasteiger partial charge in [0, 0.05) is 5.57 Å². The molecule has 3 heteroatoms. The van der Waals surface area contributed by atoms with E-state index in [0.717, 1.165) is 0 Å². The van der Waals surface area contributed by atoms with Gasteiger partial charge in [0.25, 0.3) is 5.95 Å². The molecule has 0 aromatic carbocycles. The average Bonchev–Trinajstić information content (AvgIpc) is 1.84. The monoisotopic (exact) mass is 115 g/mol. The van der Waals surface area contributed by atoms with Crippen LogP contribution in [0.15, 0.2) is 24.2 Å². The molecule has 0 atom stereocenters. The minimum atomic E-state index is -0.292. The van der Waals surface area contributed by atoms with Gasteiger partial charge >= 0.3 is 0 Å². The normalized spacial score (nSPS) is 12.2. The molecule has 0 radical (unpaired) electrons. The van der Waals surface area contributed by atoms with Gasteiger partial charge in [-0.1, -0.05) is 12.7 Å². The van der Waals surface area contributed by atoms with E-state index in [-0.39, 0.29) is 5.95 Å². The summed E-state index contributed by atoms with van der Waals surface area (Å²) in [4.78, 5) is 3.97. The number of hydrogen-bond acceptors (Lipinski definition) is 3. The van der Waals surface area contributed by atoms with Gasteiger partial charge in [-0.25, -0.2) is 0 Å². The Bertz CT molecular complexity index is 118. The van der Waals surface area contributed by atoms with Crippen LogP contribution in [0.2, 0.25) is 0 Å². The SMILES string of the molecule is C=C/C(C)=C(/O)ON. The summed E-state index contributed by atoms with van der Waals surface area (Å²) < 4.78 is 0. The summed E-state index contributed by atoms with van der Waals surface area (Å²) in [6.07, 6.45) is 1.45. The molecule has 0 unspecified atom stereocenters. The van der Waals surface area contributed by atoms with Gasteiger partial charge in [0.15, 0.2) is 0 Å². The molecule has 0 aliphatic carbocycles. The lowest BCUT2D eigenvalue weighted by Gasteiger charge is -1.95. The Balaban J connectivity index is 4.03. The minimum Gasteiger partial charge on any atom is -0.480 e. The molecule has 0 saturated heterocycles. The summed E-state index contributed by atoms with van der Waals surface area (Å²) in [5, 5.41) is 8.59. The molecule has 0 aromatic heterocycles. The Morgan fingerprint density at radius 1 is 1.88 bits per heavy atom. The summed E-state index contributed by atoms with van der Waals surface area (Å²) in [5.74, 6) is 4.30. The molecule has 0 aliphatic rings. The quantitative estimate of drug-likeness (QED) is 0.318. The molecule has 0 rings (SSSR count). The van der Waals surface area contributed by atoms with Crippen LogP contribution in [0.3, 0.4) is 0 Å². The number of aliphatic hydroxyl groups is 1. The fraction of sp³-hybridized carbons (Fsp3) is 0.200. The van der Waals surface area contributed by atoms with Gasteiger partial charge in [-0.2, -0.15) is 5.90 Å². The first-order chi connectivity index (χ1) is 3.72. The van der Waals surface area contributed by atoms with Crippen LogP contribution >= 0.6 is 0 Å². The molecule has 0 heterocycles. The van der Waals surface area contributed by atoms with Crippen molar-refractivity contribution in [3.05, 3.63) is 24.2 Å². The van der Waals surface area contributed by atoms with E-state index >= 15 is 0 Å². The number of nitrogens with two attached hydrogens (primary N) is 1. The third kappa shape index (κ3) is 1.66. The molecule has 3 N–H and O–H groups in total. The van der Waals surface area contributed by atoms with E-state index < -0.39 is 0 Å². The largest absolute Gasteiger partial charge is 0.480 e. The maximum absolute atomic E-state index is 8.59. The highest BCUT2D eigenvalue weighted by Gasteiger charge is 1.91. The summed E-state index contributed by atoms with van der Waals surface area (Å²) in [6.45, 7) is 5.01. The van der Waals surface area contributed by atoms with Gasteiger partial charge in [0.05, 0.1) is 0 Å². The lowest BCUT2D eigenvalue weighted by atomic mass is 10.3. The van der Waals surface area contributed by atoms with Crippen LogP contribution in [0.4, 0.5) is 0 Å². The molecule has 8 heavy (non-hydrogen) atoms. The van der Waals surface area contributed by atoms with Crippen LogP contribution in [-0.2, 0) is 4.84 Å². The molecule has 0 spiro atoms. The Kier molecular flexibility index (Phi) is 2.72. The van der Waals surface area contributed by atoms with Gasteiger partial charge in [0.1, 0.15) is 0 Å². The summed E-state index contributed by atoms with van der Waals surface area (Å²) in [5.41, 5.74) is 0.521. The van der Waals surface area contributed by atoms with Crippen LogP contribution in [0.1, 0.15) is 6.92 Å². The third-order valence-electron chi connectivity index (χ3n) is 0.755. The lowest BCUT2D eigenvalue weighted by Crippen LogP contribution is -1.99. The van der Waals surface area contributed by atoms with Crippen molar-refractivity contribution in [2.45, 2.75) is 6.92 Å². The van der Waals surface area contributed by atoms with Gasteiger partial charge in [0.2, 0.25) is 0 Å². The summed E-state index contributed by atoms with van der Waals surface area (Å²) in [6, 6.07) is 0. The second-order valence-corrected chi connectivity index (χ2v) is 1.31. The molecule has 0 bridgehead atoms. The maximum atomic E-state index is 8.59. The van der Waals surface area contributed by atoms with E-state index in [2.05, 4.69) is 17.3 Å². The minimum absolute atomic E-state index is 0.292. The van der Waals surface area contributed by atoms with Gasteiger partial charge in [-0.3, -0.25) is 0 Å². The number of rotatable bonds is 2. The molecular weight excluding hydrogens is 106 g/mol. The van der Waals surface area contributed by atoms with Crippen LogP contribution in [0.5, 0.6) is 0 Å². The highest BCUT2D eigenvalue weighted by atomic mass is 16.7. The van der Waals surface area contributed by atoms with Crippen molar-refractivity contribution in [2.75, 3.05) is 0 Å². The van der Waals surface area contributed by atoms with E-state index in [0.29, 0.717) is 5.57 Å². The lowest BCUT2D eigenvalue weighted by molar-refractivity contribution is 0.0914. The molecule has 0 aliphatic heterocycles. The fourth-order valence-electron chi connectivity index (χ4n) is 0.180. The zero-order valence-corrected chi connectivity index (χ0v) is 4.72. The van der Waals surface area contributed by atoms with E-state index in [1.54, 1.807) is 6.92 Å². The molecule has 0 saturated carbocycles. The van der Waals surface area contributed by atoms with Crippen molar-refractivity contribution in [2.24, 2.45) is 5.90 Å². The molecule has 0 aromatic rings. The number of allylic oxidation sites excluding steroid dienone is 2. The molecule has 3 nitrogen and oxygen atoms in total. The topological polar surface area (TPSA) is 55.5 Å². The first-order valence-corrected chi connectivity index (χ1v) is 2.11. The van der Waals surface area contributed by atoms with Crippen molar-refractivity contribution in [3.63, 3.8) is 0 Å². The third-order valence-corrected chi connectivity index (χ3v) is 0.755. The smallest absolute Gasteiger partial charge is 0.299 e. The summed E-state index contributed by atoms with van der Waals surface area (Å²) >= 11 is 0. The van der Waals surface area contributed by atoms with Crippen molar-refractivity contribution in [1.82, 2.24) is 0 Å². The second-order valence-electron chi connectivity index (χ2n) is 1.31. The van der Waals surface area contributed by atoms with Crippen molar-refractivity contribution < 1.29 is 9.94 Å². The molecule has 0 fully saturated rings. The zero-order valence-electron chi connectivity index (χ0n) is 4.72. The average molecular weight is 115 g/mol. The predicted octanol–water partition coefficient (Wildman–Crippen LogP) is 0.852. The van der Waals surface area contributed by atoms with Crippen molar-refractivity contribution in [3.8, 4) is 0 Å². The maximum Gasteiger partial charge on any atom is 0.299 e. The number of aliphatic hydroxyl groups excluding tert-OH is 1. The molecular formula is C5H9NO2. The first kappa shape index (κ1) is 7.04. The van der Waals surface area contributed by atoms with Crippen molar-refractivity contribution >= 4 is 0 Å². The van der Waals surface area contributed by atoms with E-state index in [1.807, 2.05) is 0 Å². The second kappa shape index (κ2) is 3.10. The Labute approximate surface area is 48.0 Å². The highest BCUT2D eigenvalue weighted by Crippen LogP contribution is 1.98. The molecule has 0 amide bonds. The van der Waals surface area contributed by atoms with E-state index in [4.69, 9.17) is 5.11 Å². The van der Waals surface area contributed by atoms with Gasteiger partial charge < -0.3 is 9.94 Å². The Morgan fingerprint density at radius 2 is 2.38 bits per heavy atom. The zero-order chi connectivity index (χ0) is 6.57. The van der Waals surface area contributed by atoms with Crippen molar-refractivity contribution in [1.29, 1.82) is 0 Å². The van der Waals surface area contributed by atoms with Crippen LogP contribution in [0.25, 0.3) is 0 Å². The first-order valence-electron chi connectivity index (χ1n) is 2.11. The van der Waals surface area contributed by atoms with E-state index in [1.165, 1.54) is 6.08 Å². The summed E-state index contributed by atoms with van der Waals surface area (Å²) in [7, 11) is 0. The van der Waals surface area contributed by atoms with E-state index in [9.17, 15) is 0 Å². The standard InChI is InChI=1S/C5H9NO2/c1-3-4(2)5(7)8-6/h3,7H,1,6H2,2H3/b5-4-. The van der Waals surface area contributed by atoms with Crippen LogP contribution < -0.4 is 5.90 Å². The van der Waals surface area contributed by atoms with Crippen LogP contribution in [-0.4, -0.2) is 5.11 Å². The fourth-order valence-corrected chi connectivity index (χ4v) is 0.180. The molecule has 46 valence electrons. The van der Waals surface area contributed by atoms with Gasteiger partial charge in [-0.05, 0) is 6.92 Å². The Morgan fingerprint density at radius 3 is 2.50 bits per heavy atom. The highest BCUT2D eigenvalue weighted by molar-refractivity contribution is 5.12. The van der Waals surface area contributed by atoms with Gasteiger partial charge in [-0.15, -0.1) is 0 Å². The van der Waals surface area contributed by atoms with Crippen LogP contribution in [0, 0.1) is 0 Å².